The van der Waals surface area contributed by atoms with E-state index in [-0.39, 0.29) is 17.7 Å². The van der Waals surface area contributed by atoms with Crippen LogP contribution in [0.3, 0.4) is 0 Å². The lowest BCUT2D eigenvalue weighted by Crippen LogP contribution is -2.44. The van der Waals surface area contributed by atoms with Gasteiger partial charge in [0.1, 0.15) is 5.75 Å². The molecule has 1 heterocycles. The predicted molar refractivity (Wildman–Crippen MR) is 129 cm³/mol. The van der Waals surface area contributed by atoms with Crippen molar-refractivity contribution < 1.29 is 14.3 Å². The molecule has 2 aromatic carbocycles. The minimum absolute atomic E-state index is 0.0556. The fraction of sp³-hybridized carbons (Fsp3) is 0.462. The Morgan fingerprint density at radius 1 is 1.00 bits per heavy atom. The number of carbonyl (C=O) groups excluding carboxylic acids is 2. The van der Waals surface area contributed by atoms with Crippen LogP contribution in [0.1, 0.15) is 54.4 Å². The van der Waals surface area contributed by atoms with Crippen LogP contribution in [0.5, 0.6) is 5.75 Å². The van der Waals surface area contributed by atoms with Crippen LogP contribution < -0.4 is 10.1 Å². The van der Waals surface area contributed by atoms with Crippen LogP contribution in [0.2, 0.25) is 5.02 Å². The Labute approximate surface area is 196 Å². The molecule has 1 aliphatic heterocycles. The monoisotopic (exact) mass is 456 g/mol. The number of halogens is 1. The number of unbranched alkanes of at least 4 members (excludes halogenated alkanes) is 1. The van der Waals surface area contributed by atoms with E-state index in [2.05, 4.69) is 10.2 Å². The van der Waals surface area contributed by atoms with E-state index >= 15 is 0 Å². The fourth-order valence-corrected chi connectivity index (χ4v) is 4.26. The summed E-state index contributed by atoms with van der Waals surface area (Å²) in [4.78, 5) is 27.4. The number of nitrogens with zero attached hydrogens (tertiary/aromatic N) is 1. The molecule has 32 heavy (non-hydrogen) atoms. The largest absolute Gasteiger partial charge is 0.497 e. The molecule has 3 rings (SSSR count). The standard InChI is InChI=1S/C26H33ClN2O3/c1-32-24-14-10-21(11-15-24)25(30)6-2-3-7-26(31)28-23(19-29-16-4-5-17-29)18-20-8-12-22(27)13-9-20/h8-15,23H,2-7,16-19H2,1H3,(H,28,31)/t23-/m0/s1. The fourth-order valence-electron chi connectivity index (χ4n) is 4.14. The van der Waals surface area contributed by atoms with E-state index in [9.17, 15) is 9.59 Å². The van der Waals surface area contributed by atoms with Gasteiger partial charge in [-0.2, -0.15) is 0 Å². The normalized spacial score (nSPS) is 14.8. The zero-order valence-electron chi connectivity index (χ0n) is 18.8. The summed E-state index contributed by atoms with van der Waals surface area (Å²) in [6.45, 7) is 3.06. The number of ketones is 1. The number of ether oxygens (including phenoxy) is 1. The van der Waals surface area contributed by atoms with Crippen molar-refractivity contribution in [1.29, 1.82) is 0 Å². The maximum atomic E-state index is 12.6. The molecule has 0 aromatic heterocycles. The third-order valence-corrected chi connectivity index (χ3v) is 6.16. The Hall–Kier alpha value is -2.37. The Balaban J connectivity index is 1.43. The summed E-state index contributed by atoms with van der Waals surface area (Å²) in [5.41, 5.74) is 1.85. The first kappa shape index (κ1) is 24.3. The Morgan fingerprint density at radius 2 is 1.66 bits per heavy atom. The number of carbonyl (C=O) groups is 2. The van der Waals surface area contributed by atoms with Gasteiger partial charge in [0.05, 0.1) is 7.11 Å². The van der Waals surface area contributed by atoms with Crippen molar-refractivity contribution in [3.8, 4) is 5.75 Å². The molecule has 1 aliphatic rings. The lowest BCUT2D eigenvalue weighted by Gasteiger charge is -2.25. The second-order valence-electron chi connectivity index (χ2n) is 8.46. The highest BCUT2D eigenvalue weighted by molar-refractivity contribution is 6.30. The first-order valence-corrected chi connectivity index (χ1v) is 11.8. The third kappa shape index (κ3) is 7.95. The third-order valence-electron chi connectivity index (χ3n) is 5.91. The maximum Gasteiger partial charge on any atom is 0.220 e. The molecule has 0 radical (unpaired) electrons. The van der Waals surface area contributed by atoms with E-state index in [0.29, 0.717) is 31.2 Å². The Kier molecular flexibility index (Phi) is 9.57. The van der Waals surface area contributed by atoms with Gasteiger partial charge in [-0.3, -0.25) is 9.59 Å². The summed E-state index contributed by atoms with van der Waals surface area (Å²) < 4.78 is 5.13. The zero-order valence-corrected chi connectivity index (χ0v) is 19.6. The van der Waals surface area contributed by atoms with Crippen molar-refractivity contribution in [1.82, 2.24) is 10.2 Å². The molecular formula is C26H33ClN2O3. The molecule has 0 bridgehead atoms. The van der Waals surface area contributed by atoms with Crippen LogP contribution in [0.25, 0.3) is 0 Å². The molecule has 1 atom stereocenters. The Morgan fingerprint density at radius 3 is 2.31 bits per heavy atom. The number of nitrogens with one attached hydrogen (secondary N) is 1. The van der Waals surface area contributed by atoms with E-state index < -0.39 is 0 Å². The van der Waals surface area contributed by atoms with Gasteiger partial charge in [-0.25, -0.2) is 0 Å². The Bertz CT molecular complexity index is 862. The highest BCUT2D eigenvalue weighted by atomic mass is 35.5. The minimum Gasteiger partial charge on any atom is -0.497 e. The van der Waals surface area contributed by atoms with Gasteiger partial charge in [-0.1, -0.05) is 23.7 Å². The van der Waals surface area contributed by atoms with Gasteiger partial charge in [0, 0.05) is 36.0 Å². The number of Topliss-reactive ketones (excluding diaryl/α,β-unsaturated/α-hetero) is 1. The van der Waals surface area contributed by atoms with Crippen molar-refractivity contribution in [2.45, 2.75) is 51.0 Å². The maximum absolute atomic E-state index is 12.6. The summed E-state index contributed by atoms with van der Waals surface area (Å²) in [5.74, 6) is 0.892. The quantitative estimate of drug-likeness (QED) is 0.364. The van der Waals surface area contributed by atoms with Crippen molar-refractivity contribution in [3.05, 3.63) is 64.7 Å². The molecule has 172 valence electrons. The number of likely N-dealkylation sites (tertiary alicyclic amines) is 1. The number of hydrogen-bond donors (Lipinski definition) is 1. The highest BCUT2D eigenvalue weighted by Crippen LogP contribution is 2.16. The summed E-state index contributed by atoms with van der Waals surface area (Å²) in [6.07, 6.45) is 5.52. The molecule has 1 fully saturated rings. The van der Waals surface area contributed by atoms with Gasteiger partial charge in [-0.15, -0.1) is 0 Å². The first-order valence-electron chi connectivity index (χ1n) is 11.5. The number of benzene rings is 2. The number of methoxy groups -OCH3 is 1. The molecule has 5 nitrogen and oxygen atoms in total. The molecule has 1 saturated heterocycles. The van der Waals surface area contributed by atoms with E-state index in [1.807, 2.05) is 24.3 Å². The van der Waals surface area contributed by atoms with Crippen molar-refractivity contribution in [3.63, 3.8) is 0 Å². The zero-order chi connectivity index (χ0) is 22.8. The minimum atomic E-state index is 0.0556. The molecule has 1 N–H and O–H groups in total. The van der Waals surface area contributed by atoms with Crippen LogP contribution in [-0.2, 0) is 11.2 Å². The molecule has 1 amide bonds. The molecular weight excluding hydrogens is 424 g/mol. The van der Waals surface area contributed by atoms with Crippen molar-refractivity contribution in [2.75, 3.05) is 26.7 Å². The second kappa shape index (κ2) is 12.6. The molecule has 6 heteroatoms. The number of hydrogen-bond acceptors (Lipinski definition) is 4. The average molecular weight is 457 g/mol. The SMILES string of the molecule is COc1ccc(C(=O)CCCCC(=O)N[C@@H](Cc2ccc(Cl)cc2)CN2CCCC2)cc1. The van der Waals surface area contributed by atoms with Crippen LogP contribution in [0.15, 0.2) is 48.5 Å². The van der Waals surface area contributed by atoms with Crippen LogP contribution in [0, 0.1) is 0 Å². The molecule has 0 unspecified atom stereocenters. The summed E-state index contributed by atoms with van der Waals surface area (Å²) in [6, 6.07) is 15.1. The van der Waals surface area contributed by atoms with E-state index in [1.54, 1.807) is 31.4 Å². The highest BCUT2D eigenvalue weighted by Gasteiger charge is 2.19. The van der Waals surface area contributed by atoms with Gasteiger partial charge >= 0.3 is 0 Å². The van der Waals surface area contributed by atoms with Crippen molar-refractivity contribution in [2.24, 2.45) is 0 Å². The first-order chi connectivity index (χ1) is 15.5. The molecule has 2 aromatic rings. The summed E-state index contributed by atoms with van der Waals surface area (Å²) >= 11 is 6.01. The van der Waals surface area contributed by atoms with E-state index in [1.165, 1.54) is 18.4 Å². The number of amides is 1. The lowest BCUT2D eigenvalue weighted by molar-refractivity contribution is -0.122. The molecule has 0 aliphatic carbocycles. The van der Waals surface area contributed by atoms with E-state index in [0.717, 1.165) is 36.8 Å². The molecule has 0 spiro atoms. The van der Waals surface area contributed by atoms with Gasteiger partial charge < -0.3 is 15.0 Å². The summed E-state index contributed by atoms with van der Waals surface area (Å²) in [5, 5.41) is 3.95. The topological polar surface area (TPSA) is 58.6 Å². The van der Waals surface area contributed by atoms with Gasteiger partial charge in [0.15, 0.2) is 5.78 Å². The smallest absolute Gasteiger partial charge is 0.220 e. The van der Waals surface area contributed by atoms with Crippen molar-refractivity contribution >= 4 is 23.3 Å². The van der Waals surface area contributed by atoms with E-state index in [4.69, 9.17) is 16.3 Å². The van der Waals surface area contributed by atoms with Gasteiger partial charge in [-0.05, 0) is 87.2 Å². The van der Waals surface area contributed by atoms with Crippen LogP contribution in [-0.4, -0.2) is 49.4 Å². The van der Waals surface area contributed by atoms with Crippen LogP contribution in [0.4, 0.5) is 0 Å². The molecule has 0 saturated carbocycles. The number of rotatable bonds is 12. The van der Waals surface area contributed by atoms with Gasteiger partial charge in [0.2, 0.25) is 5.91 Å². The van der Waals surface area contributed by atoms with Crippen LogP contribution >= 0.6 is 11.6 Å². The second-order valence-corrected chi connectivity index (χ2v) is 8.90. The lowest BCUT2D eigenvalue weighted by atomic mass is 10.0. The summed E-state index contributed by atoms with van der Waals surface area (Å²) in [7, 11) is 1.60. The van der Waals surface area contributed by atoms with Gasteiger partial charge in [0.25, 0.3) is 0 Å². The average Bonchev–Trinajstić information content (AvgIpc) is 3.31. The predicted octanol–water partition coefficient (Wildman–Crippen LogP) is 4.92.